The monoisotopic (exact) mass is 353 g/mol. The molecule has 2 rings (SSSR count). The van der Waals surface area contributed by atoms with Crippen LogP contribution in [0.15, 0.2) is 12.4 Å². The molecule has 1 N–H and O–H groups in total. The van der Waals surface area contributed by atoms with E-state index in [0.717, 1.165) is 19.3 Å². The zero-order valence-electron chi connectivity index (χ0n) is 14.3. The van der Waals surface area contributed by atoms with Crippen LogP contribution in [-0.4, -0.2) is 29.0 Å². The molecule has 1 saturated carbocycles. The molecule has 1 aliphatic rings. The van der Waals surface area contributed by atoms with Crippen LogP contribution < -0.4 is 5.32 Å². The first-order valence-corrected chi connectivity index (χ1v) is 8.60. The summed E-state index contributed by atoms with van der Waals surface area (Å²) in [5, 5.41) is 3.15. The van der Waals surface area contributed by atoms with E-state index >= 15 is 0 Å². The number of aromatic nitrogens is 2. The van der Waals surface area contributed by atoms with Crippen molar-refractivity contribution in [1.82, 2.24) is 15.3 Å². The molecule has 1 aromatic heterocycles. The molecular formula is C17H24ClN3O3. The Morgan fingerprint density at radius 3 is 2.75 bits per heavy atom. The van der Waals surface area contributed by atoms with Crippen LogP contribution in [0.4, 0.5) is 0 Å². The molecule has 1 aliphatic carbocycles. The molecule has 24 heavy (non-hydrogen) atoms. The summed E-state index contributed by atoms with van der Waals surface area (Å²) in [7, 11) is 1.41. The number of hydrogen-bond donors (Lipinski definition) is 1. The molecule has 1 heterocycles. The van der Waals surface area contributed by atoms with E-state index in [1.165, 1.54) is 19.5 Å². The molecule has 7 heteroatoms. The maximum Gasteiger partial charge on any atom is 0.312 e. The van der Waals surface area contributed by atoms with E-state index in [0.29, 0.717) is 12.1 Å². The van der Waals surface area contributed by atoms with Crippen LogP contribution in [0.3, 0.4) is 0 Å². The van der Waals surface area contributed by atoms with Gasteiger partial charge in [-0.3, -0.25) is 14.6 Å². The van der Waals surface area contributed by atoms with Crippen molar-refractivity contribution >= 4 is 23.5 Å². The van der Waals surface area contributed by atoms with Gasteiger partial charge in [0.2, 0.25) is 5.91 Å². The fraction of sp³-hybridized carbons (Fsp3) is 0.647. The zero-order valence-corrected chi connectivity index (χ0v) is 15.1. The van der Waals surface area contributed by atoms with E-state index in [1.807, 2.05) is 13.8 Å². The number of halogens is 1. The van der Waals surface area contributed by atoms with Gasteiger partial charge in [0.25, 0.3) is 0 Å². The Labute approximate surface area is 147 Å². The number of rotatable bonds is 5. The van der Waals surface area contributed by atoms with Gasteiger partial charge >= 0.3 is 5.97 Å². The number of methoxy groups -OCH3 is 1. The van der Waals surface area contributed by atoms with Gasteiger partial charge in [0.1, 0.15) is 0 Å². The van der Waals surface area contributed by atoms with Crippen molar-refractivity contribution in [1.29, 1.82) is 0 Å². The SMILES string of the molecule is COC(=O)C1(C(C)C)CCCC(C(=O)NCc2nccnc2Cl)C1. The van der Waals surface area contributed by atoms with Gasteiger partial charge in [-0.15, -0.1) is 0 Å². The molecule has 0 bridgehead atoms. The minimum Gasteiger partial charge on any atom is -0.469 e. The van der Waals surface area contributed by atoms with Gasteiger partial charge in [0.15, 0.2) is 5.15 Å². The van der Waals surface area contributed by atoms with Gasteiger partial charge in [-0.25, -0.2) is 4.98 Å². The van der Waals surface area contributed by atoms with Gasteiger partial charge < -0.3 is 10.1 Å². The van der Waals surface area contributed by atoms with E-state index in [2.05, 4.69) is 15.3 Å². The molecule has 2 unspecified atom stereocenters. The van der Waals surface area contributed by atoms with E-state index in [9.17, 15) is 9.59 Å². The van der Waals surface area contributed by atoms with Crippen molar-refractivity contribution < 1.29 is 14.3 Å². The lowest BCUT2D eigenvalue weighted by Gasteiger charge is -2.41. The average Bonchev–Trinajstić information content (AvgIpc) is 2.59. The summed E-state index contributed by atoms with van der Waals surface area (Å²) < 4.78 is 5.02. The molecule has 0 saturated heterocycles. The van der Waals surface area contributed by atoms with Crippen molar-refractivity contribution in [2.45, 2.75) is 46.1 Å². The molecule has 2 atom stereocenters. The first-order chi connectivity index (χ1) is 11.4. The summed E-state index contributed by atoms with van der Waals surface area (Å²) in [5.74, 6) is -0.386. The van der Waals surface area contributed by atoms with Crippen LogP contribution in [0.1, 0.15) is 45.2 Å². The van der Waals surface area contributed by atoms with E-state index < -0.39 is 5.41 Å². The molecule has 0 spiro atoms. The average molecular weight is 354 g/mol. The number of nitrogens with one attached hydrogen (secondary N) is 1. The predicted octanol–water partition coefficient (Wildman–Crippen LogP) is 2.75. The maximum absolute atomic E-state index is 12.5. The number of ether oxygens (including phenoxy) is 1. The Morgan fingerprint density at radius 1 is 1.42 bits per heavy atom. The molecule has 132 valence electrons. The third kappa shape index (κ3) is 3.86. The highest BCUT2D eigenvalue weighted by atomic mass is 35.5. The minimum atomic E-state index is -0.584. The Bertz CT molecular complexity index is 608. The fourth-order valence-electron chi connectivity index (χ4n) is 3.46. The molecule has 1 fully saturated rings. The lowest BCUT2D eigenvalue weighted by molar-refractivity contribution is -0.160. The molecular weight excluding hydrogens is 330 g/mol. The number of carbonyl (C=O) groups is 2. The summed E-state index contributed by atoms with van der Waals surface area (Å²) in [6.07, 6.45) is 5.91. The summed E-state index contributed by atoms with van der Waals surface area (Å²) in [4.78, 5) is 32.9. The van der Waals surface area contributed by atoms with Gasteiger partial charge in [0.05, 0.1) is 24.8 Å². The smallest absolute Gasteiger partial charge is 0.312 e. The molecule has 1 aromatic rings. The number of esters is 1. The van der Waals surface area contributed by atoms with Crippen molar-refractivity contribution in [3.8, 4) is 0 Å². The van der Waals surface area contributed by atoms with Crippen molar-refractivity contribution in [2.24, 2.45) is 17.3 Å². The highest BCUT2D eigenvalue weighted by molar-refractivity contribution is 6.29. The zero-order chi connectivity index (χ0) is 17.7. The third-order valence-electron chi connectivity index (χ3n) is 5.01. The summed E-state index contributed by atoms with van der Waals surface area (Å²) in [6.45, 7) is 4.25. The van der Waals surface area contributed by atoms with Gasteiger partial charge in [0, 0.05) is 18.3 Å². The standard InChI is InChI=1S/C17H24ClN3O3/c1-11(2)17(16(23)24-3)6-4-5-12(9-17)15(22)21-10-13-14(18)20-8-7-19-13/h7-8,11-12H,4-6,9-10H2,1-3H3,(H,21,22). The lowest BCUT2D eigenvalue weighted by atomic mass is 9.63. The number of nitrogens with zero attached hydrogens (tertiary/aromatic N) is 2. The largest absolute Gasteiger partial charge is 0.469 e. The normalized spacial score (nSPS) is 23.8. The second kappa shape index (κ2) is 7.92. The number of carbonyl (C=O) groups excluding carboxylic acids is 2. The summed E-state index contributed by atoms with van der Waals surface area (Å²) in [5.41, 5.74) is -0.0504. The van der Waals surface area contributed by atoms with Crippen LogP contribution in [0.5, 0.6) is 0 Å². The minimum absolute atomic E-state index is 0.0784. The van der Waals surface area contributed by atoms with Crippen LogP contribution in [0.25, 0.3) is 0 Å². The van der Waals surface area contributed by atoms with Crippen LogP contribution in [0.2, 0.25) is 5.15 Å². The fourth-order valence-corrected chi connectivity index (χ4v) is 3.64. The molecule has 0 radical (unpaired) electrons. The van der Waals surface area contributed by atoms with Gasteiger partial charge in [-0.1, -0.05) is 31.9 Å². The molecule has 0 aromatic carbocycles. The quantitative estimate of drug-likeness (QED) is 0.823. The second-order valence-corrected chi connectivity index (χ2v) is 6.97. The molecule has 0 aliphatic heterocycles. The highest BCUT2D eigenvalue weighted by Gasteiger charge is 2.47. The van der Waals surface area contributed by atoms with Crippen LogP contribution >= 0.6 is 11.6 Å². The van der Waals surface area contributed by atoms with Gasteiger partial charge in [-0.2, -0.15) is 0 Å². The van der Waals surface area contributed by atoms with Crippen molar-refractivity contribution in [3.05, 3.63) is 23.2 Å². The first kappa shape index (κ1) is 18.6. The number of hydrogen-bond acceptors (Lipinski definition) is 5. The van der Waals surface area contributed by atoms with Gasteiger partial charge in [-0.05, 0) is 25.2 Å². The summed E-state index contributed by atoms with van der Waals surface area (Å²) >= 11 is 5.95. The maximum atomic E-state index is 12.5. The molecule has 1 amide bonds. The third-order valence-corrected chi connectivity index (χ3v) is 5.32. The first-order valence-electron chi connectivity index (χ1n) is 8.22. The Morgan fingerprint density at radius 2 is 2.12 bits per heavy atom. The van der Waals surface area contributed by atoms with E-state index in [4.69, 9.17) is 16.3 Å². The van der Waals surface area contributed by atoms with E-state index in [1.54, 1.807) is 0 Å². The predicted molar refractivity (Wildman–Crippen MR) is 90.1 cm³/mol. The lowest BCUT2D eigenvalue weighted by Crippen LogP contribution is -2.45. The summed E-state index contributed by atoms with van der Waals surface area (Å²) in [6, 6.07) is 0. The van der Waals surface area contributed by atoms with E-state index in [-0.39, 0.29) is 35.4 Å². The van der Waals surface area contributed by atoms with Crippen LogP contribution in [0, 0.1) is 17.3 Å². The Hall–Kier alpha value is -1.69. The Kier molecular flexibility index (Phi) is 6.15. The van der Waals surface area contributed by atoms with Crippen LogP contribution in [-0.2, 0) is 20.9 Å². The van der Waals surface area contributed by atoms with Crippen molar-refractivity contribution in [2.75, 3.05) is 7.11 Å². The Balaban J connectivity index is 2.04. The topological polar surface area (TPSA) is 81.2 Å². The molecule has 6 nitrogen and oxygen atoms in total. The second-order valence-electron chi connectivity index (χ2n) is 6.61. The highest BCUT2D eigenvalue weighted by Crippen LogP contribution is 2.45. The van der Waals surface area contributed by atoms with Crippen molar-refractivity contribution in [3.63, 3.8) is 0 Å². The number of amides is 1.